The summed E-state index contributed by atoms with van der Waals surface area (Å²) < 4.78 is 7.93. The molecule has 7 nitrogen and oxygen atoms in total. The van der Waals surface area contributed by atoms with Gasteiger partial charge in [0.2, 0.25) is 0 Å². The SMILES string of the molecule is Cc1ccc2c(c1)[C@@H](C)Oc1cc(cnc1N)-c1c(nn(C)c1C#N)Cc1cccnc1-2. The number of pyridine rings is 2. The van der Waals surface area contributed by atoms with E-state index in [1.807, 2.05) is 19.1 Å². The van der Waals surface area contributed by atoms with Gasteiger partial charge < -0.3 is 10.5 Å². The van der Waals surface area contributed by atoms with Crippen molar-refractivity contribution in [1.29, 1.82) is 5.26 Å². The van der Waals surface area contributed by atoms with E-state index in [2.05, 4.69) is 47.3 Å². The Bertz CT molecular complexity index is 1400. The van der Waals surface area contributed by atoms with Gasteiger partial charge in [-0.3, -0.25) is 9.67 Å². The number of benzene rings is 1. The van der Waals surface area contributed by atoms with Gasteiger partial charge in [-0.05, 0) is 31.5 Å². The van der Waals surface area contributed by atoms with Crippen LogP contribution in [0.15, 0.2) is 48.8 Å². The van der Waals surface area contributed by atoms with Crippen molar-refractivity contribution >= 4 is 5.82 Å². The lowest BCUT2D eigenvalue weighted by atomic mass is 9.92. The zero-order valence-electron chi connectivity index (χ0n) is 18.1. The summed E-state index contributed by atoms with van der Waals surface area (Å²) in [6, 6.07) is 14.4. The molecule has 1 aromatic carbocycles. The summed E-state index contributed by atoms with van der Waals surface area (Å²) in [6.45, 7) is 4.05. The van der Waals surface area contributed by atoms with Gasteiger partial charge in [-0.2, -0.15) is 10.4 Å². The Balaban J connectivity index is 1.84. The summed E-state index contributed by atoms with van der Waals surface area (Å²) in [4.78, 5) is 9.09. The minimum Gasteiger partial charge on any atom is -0.482 e. The number of hydrogen-bond donors (Lipinski definition) is 1. The largest absolute Gasteiger partial charge is 0.482 e. The fraction of sp³-hybridized carbons (Fsp3) is 0.200. The predicted molar refractivity (Wildman–Crippen MR) is 122 cm³/mol. The van der Waals surface area contributed by atoms with Gasteiger partial charge in [-0.25, -0.2) is 4.98 Å². The van der Waals surface area contributed by atoms with Crippen LogP contribution in [0, 0.1) is 18.3 Å². The number of nitriles is 1. The van der Waals surface area contributed by atoms with Gasteiger partial charge in [-0.15, -0.1) is 0 Å². The first-order chi connectivity index (χ1) is 15.5. The third-order valence-corrected chi connectivity index (χ3v) is 5.85. The van der Waals surface area contributed by atoms with Crippen molar-refractivity contribution in [2.24, 2.45) is 7.05 Å². The van der Waals surface area contributed by atoms with Gasteiger partial charge in [0.25, 0.3) is 0 Å². The summed E-state index contributed by atoms with van der Waals surface area (Å²) in [5, 5.41) is 14.5. The van der Waals surface area contributed by atoms with Crippen molar-refractivity contribution in [3.8, 4) is 34.2 Å². The van der Waals surface area contributed by atoms with Crippen LogP contribution in [-0.2, 0) is 13.5 Å². The van der Waals surface area contributed by atoms with E-state index in [4.69, 9.17) is 15.5 Å². The Hall–Kier alpha value is -4.18. The molecule has 0 saturated carbocycles. The van der Waals surface area contributed by atoms with Crippen LogP contribution in [0.25, 0.3) is 22.4 Å². The first kappa shape index (κ1) is 19.8. The Kier molecular flexibility index (Phi) is 4.63. The van der Waals surface area contributed by atoms with E-state index in [0.29, 0.717) is 23.7 Å². The molecule has 0 unspecified atom stereocenters. The fourth-order valence-electron chi connectivity index (χ4n) is 4.31. The van der Waals surface area contributed by atoms with Gasteiger partial charge in [0.05, 0.1) is 11.4 Å². The van der Waals surface area contributed by atoms with E-state index in [1.54, 1.807) is 24.1 Å². The van der Waals surface area contributed by atoms with Crippen molar-refractivity contribution in [2.45, 2.75) is 26.4 Å². The van der Waals surface area contributed by atoms with E-state index in [0.717, 1.165) is 44.8 Å². The second kappa shape index (κ2) is 7.50. The van der Waals surface area contributed by atoms with Crippen LogP contribution in [0.3, 0.4) is 0 Å². The van der Waals surface area contributed by atoms with Crippen molar-refractivity contribution in [3.05, 3.63) is 76.9 Å². The second-order valence-electron chi connectivity index (χ2n) is 8.05. The van der Waals surface area contributed by atoms with Crippen molar-refractivity contribution in [3.63, 3.8) is 0 Å². The molecular formula is C25H22N6O. The van der Waals surface area contributed by atoms with Crippen molar-refractivity contribution < 1.29 is 4.74 Å². The molecule has 0 aliphatic carbocycles. The lowest BCUT2D eigenvalue weighted by molar-refractivity contribution is 0.228. The topological polar surface area (TPSA) is 103 Å². The molecule has 32 heavy (non-hydrogen) atoms. The van der Waals surface area contributed by atoms with E-state index in [1.165, 1.54) is 0 Å². The molecule has 0 saturated heterocycles. The minimum atomic E-state index is -0.290. The van der Waals surface area contributed by atoms with Gasteiger partial charge in [-0.1, -0.05) is 29.8 Å². The van der Waals surface area contributed by atoms with E-state index >= 15 is 0 Å². The lowest BCUT2D eigenvalue weighted by Crippen LogP contribution is -2.09. The molecule has 4 aromatic rings. The van der Waals surface area contributed by atoms with Gasteiger partial charge in [0, 0.05) is 48.1 Å². The second-order valence-corrected chi connectivity index (χ2v) is 8.05. The summed E-state index contributed by atoms with van der Waals surface area (Å²) in [6.07, 6.45) is 3.70. The van der Waals surface area contributed by atoms with Crippen LogP contribution in [0.2, 0.25) is 0 Å². The van der Waals surface area contributed by atoms with Gasteiger partial charge >= 0.3 is 0 Å². The fourth-order valence-corrected chi connectivity index (χ4v) is 4.31. The predicted octanol–water partition coefficient (Wildman–Crippen LogP) is 4.35. The number of hydrogen-bond acceptors (Lipinski definition) is 6. The molecule has 2 N–H and O–H groups in total. The summed E-state index contributed by atoms with van der Waals surface area (Å²) in [5.74, 6) is 0.775. The Labute approximate surface area is 186 Å². The molecule has 3 aromatic heterocycles. The van der Waals surface area contributed by atoms with Crippen LogP contribution >= 0.6 is 0 Å². The van der Waals surface area contributed by atoms with E-state index in [-0.39, 0.29) is 6.10 Å². The van der Waals surface area contributed by atoms with Gasteiger partial charge in [0.1, 0.15) is 17.9 Å². The molecule has 0 fully saturated rings. The number of fused-ring (bicyclic) bond motifs is 7. The van der Waals surface area contributed by atoms with E-state index < -0.39 is 0 Å². The molecular weight excluding hydrogens is 400 g/mol. The third-order valence-electron chi connectivity index (χ3n) is 5.85. The van der Waals surface area contributed by atoms with Crippen LogP contribution in [0.4, 0.5) is 5.82 Å². The number of nitrogens with zero attached hydrogens (tertiary/aromatic N) is 5. The smallest absolute Gasteiger partial charge is 0.166 e. The molecule has 7 heteroatoms. The maximum absolute atomic E-state index is 9.83. The summed E-state index contributed by atoms with van der Waals surface area (Å²) >= 11 is 0. The van der Waals surface area contributed by atoms with E-state index in [9.17, 15) is 5.26 Å². The third kappa shape index (κ3) is 3.17. The molecule has 0 amide bonds. The highest BCUT2D eigenvalue weighted by Crippen LogP contribution is 2.38. The highest BCUT2D eigenvalue weighted by Gasteiger charge is 2.24. The maximum atomic E-state index is 9.83. The molecule has 158 valence electrons. The number of aromatic nitrogens is 4. The lowest BCUT2D eigenvalue weighted by Gasteiger charge is -2.22. The highest BCUT2D eigenvalue weighted by atomic mass is 16.5. The van der Waals surface area contributed by atoms with Crippen molar-refractivity contribution in [1.82, 2.24) is 19.7 Å². The number of nitrogen functional groups attached to an aromatic ring is 1. The maximum Gasteiger partial charge on any atom is 0.166 e. The Morgan fingerprint density at radius 2 is 2.06 bits per heavy atom. The van der Waals surface area contributed by atoms with Crippen LogP contribution in [0.1, 0.15) is 41.1 Å². The summed E-state index contributed by atoms with van der Waals surface area (Å²) in [5.41, 5.74) is 13.9. The monoisotopic (exact) mass is 422 g/mol. The number of nitrogens with two attached hydrogens (primary N) is 1. The standard InChI is InChI=1S/C25H22N6O/c1-14-6-7-18-19(9-14)15(2)32-22-11-17(13-29-25(22)27)23-20(30-31(3)21(23)12-26)10-16-5-4-8-28-24(16)18/h4-9,11,13,15H,10H2,1-3H3,(H2,27,29)/t15-/m1/s1. The number of aryl methyl sites for hydroxylation is 2. The average Bonchev–Trinajstić information content (AvgIpc) is 3.09. The molecule has 1 aliphatic rings. The Morgan fingerprint density at radius 3 is 2.88 bits per heavy atom. The number of anilines is 1. The quantitative estimate of drug-likeness (QED) is 0.452. The first-order valence-electron chi connectivity index (χ1n) is 10.4. The highest BCUT2D eigenvalue weighted by molar-refractivity contribution is 5.75. The minimum absolute atomic E-state index is 0.290. The Morgan fingerprint density at radius 1 is 1.22 bits per heavy atom. The molecule has 1 aliphatic heterocycles. The molecule has 0 radical (unpaired) electrons. The molecule has 4 heterocycles. The molecule has 5 rings (SSSR count). The number of ether oxygens (including phenoxy) is 1. The normalized spacial score (nSPS) is 14.6. The van der Waals surface area contributed by atoms with Crippen LogP contribution in [0.5, 0.6) is 5.75 Å². The van der Waals surface area contributed by atoms with Crippen LogP contribution < -0.4 is 10.5 Å². The molecule has 2 bridgehead atoms. The molecule has 0 spiro atoms. The summed E-state index contributed by atoms with van der Waals surface area (Å²) in [7, 11) is 1.77. The van der Waals surface area contributed by atoms with Crippen molar-refractivity contribution in [2.75, 3.05) is 5.73 Å². The zero-order valence-corrected chi connectivity index (χ0v) is 18.1. The average molecular weight is 422 g/mol. The number of rotatable bonds is 0. The van der Waals surface area contributed by atoms with Crippen LogP contribution in [-0.4, -0.2) is 19.7 Å². The molecule has 1 atom stereocenters. The first-order valence-corrected chi connectivity index (χ1v) is 10.4. The van der Waals surface area contributed by atoms with Gasteiger partial charge in [0.15, 0.2) is 11.6 Å². The zero-order chi connectivity index (χ0) is 22.4.